The molecule has 4 atom stereocenters. The van der Waals surface area contributed by atoms with Crippen molar-refractivity contribution < 1.29 is 18.9 Å². The highest BCUT2D eigenvalue weighted by Crippen LogP contribution is 2.24. The van der Waals surface area contributed by atoms with E-state index < -0.39 is 0 Å². The molecule has 1 heterocycles. The van der Waals surface area contributed by atoms with Gasteiger partial charge in [-0.2, -0.15) is 0 Å². The summed E-state index contributed by atoms with van der Waals surface area (Å²) in [6, 6.07) is 0.0352. The van der Waals surface area contributed by atoms with E-state index in [-0.39, 0.29) is 24.3 Å². The van der Waals surface area contributed by atoms with Gasteiger partial charge in [-0.1, -0.05) is 0 Å². The Labute approximate surface area is 98.0 Å². The first-order valence-corrected chi connectivity index (χ1v) is 5.73. The third kappa shape index (κ3) is 3.43. The normalized spacial score (nSPS) is 34.4. The average Bonchev–Trinajstić information content (AvgIpc) is 2.56. The lowest BCUT2D eigenvalue weighted by molar-refractivity contribution is -0.0661. The van der Waals surface area contributed by atoms with Gasteiger partial charge in [-0.15, -0.1) is 0 Å². The average molecular weight is 231 g/mol. The largest absolute Gasteiger partial charge is 0.382 e. The second-order valence-electron chi connectivity index (χ2n) is 4.01. The summed E-state index contributed by atoms with van der Waals surface area (Å²) in [7, 11) is 5.33. The van der Waals surface area contributed by atoms with E-state index in [1.165, 1.54) is 0 Å². The highest BCUT2D eigenvalue weighted by molar-refractivity contribution is 6.11. The van der Waals surface area contributed by atoms with Crippen molar-refractivity contribution in [1.82, 2.24) is 0 Å². The van der Waals surface area contributed by atoms with Crippen LogP contribution in [0.15, 0.2) is 0 Å². The smallest absolute Gasteiger partial charge is 0.142 e. The molecule has 2 N–H and O–H groups in total. The molecule has 94 valence electrons. The van der Waals surface area contributed by atoms with Gasteiger partial charge in [0.1, 0.15) is 26.2 Å². The van der Waals surface area contributed by atoms with Crippen LogP contribution in [0.2, 0.25) is 0 Å². The first-order valence-electron chi connectivity index (χ1n) is 5.73. The van der Waals surface area contributed by atoms with Crippen molar-refractivity contribution in [2.45, 2.75) is 30.7 Å². The molecule has 0 aliphatic carbocycles. The number of nitrogens with two attached hydrogens (primary N) is 1. The van der Waals surface area contributed by atoms with Crippen molar-refractivity contribution >= 4 is 7.85 Å². The summed E-state index contributed by atoms with van der Waals surface area (Å²) in [4.78, 5) is 0. The first kappa shape index (κ1) is 13.9. The Balaban J connectivity index is 2.49. The quantitative estimate of drug-likeness (QED) is 0.437. The van der Waals surface area contributed by atoms with E-state index in [0.29, 0.717) is 19.8 Å². The lowest BCUT2D eigenvalue weighted by Gasteiger charge is -2.22. The molecule has 0 aromatic heterocycles. The molecule has 1 fully saturated rings. The van der Waals surface area contributed by atoms with E-state index in [1.807, 2.05) is 7.85 Å². The van der Waals surface area contributed by atoms with Crippen molar-refractivity contribution in [1.29, 1.82) is 0 Å². The predicted octanol–water partition coefficient (Wildman–Crippen LogP) is -1.26. The molecule has 0 aromatic carbocycles. The zero-order valence-corrected chi connectivity index (χ0v) is 10.3. The van der Waals surface area contributed by atoms with Crippen LogP contribution in [-0.4, -0.2) is 66.1 Å². The molecule has 1 aliphatic heterocycles. The lowest BCUT2D eigenvalue weighted by atomic mass is 9.93. The van der Waals surface area contributed by atoms with Crippen LogP contribution in [0.1, 0.15) is 6.42 Å². The first-order chi connectivity index (χ1) is 7.74. The lowest BCUT2D eigenvalue weighted by Crippen LogP contribution is -2.38. The van der Waals surface area contributed by atoms with Crippen molar-refractivity contribution in [3.8, 4) is 0 Å². The maximum atomic E-state index is 5.77. The second kappa shape index (κ2) is 7.24. The summed E-state index contributed by atoms with van der Waals surface area (Å²) in [6.45, 7) is 1.80. The van der Waals surface area contributed by atoms with Gasteiger partial charge in [0.15, 0.2) is 0 Å². The zero-order chi connectivity index (χ0) is 12.0. The van der Waals surface area contributed by atoms with Gasteiger partial charge in [0.05, 0.1) is 12.6 Å². The Morgan fingerprint density at radius 1 is 1.31 bits per heavy atom. The van der Waals surface area contributed by atoms with Crippen LogP contribution < -0.4 is 5.73 Å². The maximum absolute atomic E-state index is 5.77. The number of methoxy groups -OCH3 is 2. The fourth-order valence-corrected chi connectivity index (χ4v) is 2.04. The van der Waals surface area contributed by atoms with E-state index in [2.05, 4.69) is 0 Å². The standard InChI is InChI=1S/C10H22BNO4/c1-13-6-7-8(15-5-3-4-12)9(14-2)10(11)16-7/h7-10H,3-6,11-12H2,1-2H3/t7-,8-,9-,10-/m1/s1. The van der Waals surface area contributed by atoms with Crippen LogP contribution in [0.4, 0.5) is 0 Å². The molecule has 0 radical (unpaired) electrons. The summed E-state index contributed by atoms with van der Waals surface area (Å²) in [5, 5.41) is 0. The SMILES string of the molecule is B[C@@H]1O[C@H](COC)[C@@H](OCCCN)[C@H]1OC. The molecule has 0 amide bonds. The third-order valence-corrected chi connectivity index (χ3v) is 2.80. The molecule has 6 heteroatoms. The van der Waals surface area contributed by atoms with Gasteiger partial charge in [-0.3, -0.25) is 0 Å². The van der Waals surface area contributed by atoms with Crippen LogP contribution in [0, 0.1) is 0 Å². The van der Waals surface area contributed by atoms with Crippen LogP contribution in [-0.2, 0) is 18.9 Å². The third-order valence-electron chi connectivity index (χ3n) is 2.80. The highest BCUT2D eigenvalue weighted by atomic mass is 16.6. The minimum atomic E-state index is -0.0634. The summed E-state index contributed by atoms with van der Waals surface area (Å²) in [6.07, 6.45) is 0.702. The van der Waals surface area contributed by atoms with Crippen molar-refractivity contribution in [3.05, 3.63) is 0 Å². The van der Waals surface area contributed by atoms with Crippen LogP contribution in [0.5, 0.6) is 0 Å². The van der Waals surface area contributed by atoms with Gasteiger partial charge in [0.25, 0.3) is 0 Å². The van der Waals surface area contributed by atoms with Gasteiger partial charge < -0.3 is 24.7 Å². The molecule has 0 unspecified atom stereocenters. The minimum Gasteiger partial charge on any atom is -0.382 e. The number of hydrogen-bond donors (Lipinski definition) is 1. The van der Waals surface area contributed by atoms with Gasteiger partial charge in [-0.05, 0) is 13.0 Å². The molecular weight excluding hydrogens is 209 g/mol. The molecule has 16 heavy (non-hydrogen) atoms. The fraction of sp³-hybridized carbons (Fsp3) is 1.00. The summed E-state index contributed by atoms with van der Waals surface area (Å²) >= 11 is 0. The molecule has 1 aliphatic rings. The summed E-state index contributed by atoms with van der Waals surface area (Å²) < 4.78 is 22.0. The molecule has 0 bridgehead atoms. The Bertz CT molecular complexity index is 196. The van der Waals surface area contributed by atoms with Crippen LogP contribution in [0.3, 0.4) is 0 Å². The molecule has 0 spiro atoms. The Morgan fingerprint density at radius 2 is 2.06 bits per heavy atom. The van der Waals surface area contributed by atoms with E-state index in [0.717, 1.165) is 6.42 Å². The molecule has 1 rings (SSSR count). The molecule has 0 saturated carbocycles. The Morgan fingerprint density at radius 3 is 2.62 bits per heavy atom. The van der Waals surface area contributed by atoms with Crippen molar-refractivity contribution in [3.63, 3.8) is 0 Å². The molecular formula is C10H22BNO4. The minimum absolute atomic E-state index is 0.0297. The second-order valence-corrected chi connectivity index (χ2v) is 4.01. The van der Waals surface area contributed by atoms with Gasteiger partial charge in [0, 0.05) is 20.8 Å². The van der Waals surface area contributed by atoms with Gasteiger partial charge in [0.2, 0.25) is 0 Å². The fourth-order valence-electron chi connectivity index (χ4n) is 2.04. The van der Waals surface area contributed by atoms with E-state index in [4.69, 9.17) is 24.7 Å². The van der Waals surface area contributed by atoms with Crippen LogP contribution in [0.25, 0.3) is 0 Å². The van der Waals surface area contributed by atoms with Crippen LogP contribution >= 0.6 is 0 Å². The number of hydrogen-bond acceptors (Lipinski definition) is 5. The monoisotopic (exact) mass is 231 g/mol. The molecule has 0 aromatic rings. The Kier molecular flexibility index (Phi) is 6.30. The summed E-state index contributed by atoms with van der Waals surface area (Å²) in [5.74, 6) is 0. The highest BCUT2D eigenvalue weighted by Gasteiger charge is 2.43. The Hall–Kier alpha value is -0.135. The van der Waals surface area contributed by atoms with Gasteiger partial charge >= 0.3 is 0 Å². The van der Waals surface area contributed by atoms with E-state index >= 15 is 0 Å². The summed E-state index contributed by atoms with van der Waals surface area (Å²) in [5.41, 5.74) is 5.43. The van der Waals surface area contributed by atoms with Gasteiger partial charge in [-0.25, -0.2) is 0 Å². The van der Waals surface area contributed by atoms with E-state index in [9.17, 15) is 0 Å². The predicted molar refractivity (Wildman–Crippen MR) is 63.3 cm³/mol. The van der Waals surface area contributed by atoms with Crippen molar-refractivity contribution in [2.75, 3.05) is 34.0 Å². The zero-order valence-electron chi connectivity index (χ0n) is 10.3. The molecule has 5 nitrogen and oxygen atoms in total. The molecule has 1 saturated heterocycles. The van der Waals surface area contributed by atoms with E-state index in [1.54, 1.807) is 14.2 Å². The number of ether oxygens (including phenoxy) is 4. The van der Waals surface area contributed by atoms with Crippen molar-refractivity contribution in [2.24, 2.45) is 5.73 Å². The maximum Gasteiger partial charge on any atom is 0.142 e. The number of rotatable bonds is 7. The topological polar surface area (TPSA) is 62.9 Å².